The van der Waals surface area contributed by atoms with Crippen LogP contribution < -0.4 is 15.1 Å². The lowest BCUT2D eigenvalue weighted by Gasteiger charge is -2.43. The molecule has 2 aliphatic heterocycles. The van der Waals surface area contributed by atoms with Crippen molar-refractivity contribution in [3.8, 4) is 0 Å². The van der Waals surface area contributed by atoms with Crippen LogP contribution in [-0.4, -0.2) is 45.6 Å². The van der Waals surface area contributed by atoms with Crippen LogP contribution in [0.5, 0.6) is 0 Å². The quantitative estimate of drug-likeness (QED) is 0.436. The van der Waals surface area contributed by atoms with Crippen LogP contribution in [-0.2, 0) is 6.42 Å². The van der Waals surface area contributed by atoms with Crippen LogP contribution in [0, 0.1) is 24.6 Å². The van der Waals surface area contributed by atoms with Crippen molar-refractivity contribution in [2.45, 2.75) is 26.3 Å². The molecular formula is C25H25ClFN7. The lowest BCUT2D eigenvalue weighted by atomic mass is 9.67. The maximum atomic E-state index is 13.4. The van der Waals surface area contributed by atoms with Crippen LogP contribution in [0.15, 0.2) is 48.3 Å². The number of hydrogen-bond donors (Lipinski definition) is 1. The van der Waals surface area contributed by atoms with Gasteiger partial charge in [-0.15, -0.1) is 0 Å². The van der Waals surface area contributed by atoms with Gasteiger partial charge in [0.2, 0.25) is 5.95 Å². The molecule has 1 saturated carbocycles. The molecular weight excluding hydrogens is 453 g/mol. The molecule has 2 aromatic heterocycles. The second-order valence-corrected chi connectivity index (χ2v) is 9.48. The zero-order valence-electron chi connectivity index (χ0n) is 19.0. The third-order valence-electron chi connectivity index (χ3n) is 7.23. The summed E-state index contributed by atoms with van der Waals surface area (Å²) < 4.78 is 13.4. The topological polar surface area (TPSA) is 70.1 Å². The van der Waals surface area contributed by atoms with E-state index in [4.69, 9.17) is 16.6 Å². The van der Waals surface area contributed by atoms with E-state index in [0.29, 0.717) is 22.9 Å². The second kappa shape index (κ2) is 8.20. The summed E-state index contributed by atoms with van der Waals surface area (Å²) in [5.74, 6) is 2.95. The minimum Gasteiger partial charge on any atom is -0.356 e. The van der Waals surface area contributed by atoms with Gasteiger partial charge in [0.05, 0.1) is 6.04 Å². The number of nitrogens with one attached hydrogen (secondary N) is 1. The molecule has 0 radical (unpaired) electrons. The van der Waals surface area contributed by atoms with Crippen molar-refractivity contribution in [1.82, 2.24) is 19.9 Å². The van der Waals surface area contributed by atoms with Crippen molar-refractivity contribution >= 4 is 34.9 Å². The third kappa shape index (κ3) is 3.48. The largest absolute Gasteiger partial charge is 0.356 e. The number of aromatic nitrogens is 4. The van der Waals surface area contributed by atoms with Gasteiger partial charge in [0.25, 0.3) is 0 Å². The van der Waals surface area contributed by atoms with Crippen LogP contribution in [0.4, 0.5) is 27.7 Å². The van der Waals surface area contributed by atoms with Crippen LogP contribution >= 0.6 is 11.6 Å². The first-order valence-corrected chi connectivity index (χ1v) is 12.0. The Kier molecular flexibility index (Phi) is 5.13. The first-order valence-electron chi connectivity index (χ1n) is 11.6. The van der Waals surface area contributed by atoms with Gasteiger partial charge in [-0.2, -0.15) is 4.98 Å². The normalized spacial score (nSPS) is 24.2. The van der Waals surface area contributed by atoms with Crippen molar-refractivity contribution in [2.75, 3.05) is 34.8 Å². The molecule has 1 aliphatic carbocycles. The zero-order valence-corrected chi connectivity index (χ0v) is 19.8. The van der Waals surface area contributed by atoms with E-state index < -0.39 is 0 Å². The number of rotatable bonds is 4. The average Bonchev–Trinajstić information content (AvgIpc) is 3.42. The van der Waals surface area contributed by atoms with Crippen LogP contribution in [0.3, 0.4) is 0 Å². The molecule has 0 amide bonds. The monoisotopic (exact) mass is 477 g/mol. The molecule has 3 aliphatic rings. The van der Waals surface area contributed by atoms with E-state index in [0.717, 1.165) is 54.6 Å². The summed E-state index contributed by atoms with van der Waals surface area (Å²) in [5.41, 5.74) is 4.16. The molecule has 2 fully saturated rings. The Morgan fingerprint density at radius 3 is 2.74 bits per heavy atom. The number of halogens is 2. The fourth-order valence-corrected chi connectivity index (χ4v) is 5.81. The number of nitrogens with zero attached hydrogens (tertiary/aromatic N) is 6. The van der Waals surface area contributed by atoms with Crippen molar-refractivity contribution in [3.63, 3.8) is 0 Å². The van der Waals surface area contributed by atoms with Gasteiger partial charge in [0.15, 0.2) is 0 Å². The first-order chi connectivity index (χ1) is 16.5. The molecule has 3 unspecified atom stereocenters. The van der Waals surface area contributed by atoms with Crippen molar-refractivity contribution in [1.29, 1.82) is 0 Å². The molecule has 34 heavy (non-hydrogen) atoms. The number of fused-ring (bicyclic) bond motifs is 2. The summed E-state index contributed by atoms with van der Waals surface area (Å²) in [6, 6.07) is 8.65. The maximum Gasteiger partial charge on any atom is 0.226 e. The smallest absolute Gasteiger partial charge is 0.226 e. The minimum absolute atomic E-state index is 0.151. The van der Waals surface area contributed by atoms with Crippen molar-refractivity contribution in [3.05, 3.63) is 70.5 Å². The molecule has 3 aromatic rings. The number of benzene rings is 1. The number of allylic oxidation sites excluding steroid dienone is 1. The third-order valence-corrected chi connectivity index (χ3v) is 7.54. The van der Waals surface area contributed by atoms with Gasteiger partial charge in [-0.1, -0.05) is 17.7 Å². The lowest BCUT2D eigenvalue weighted by molar-refractivity contribution is 0.318. The van der Waals surface area contributed by atoms with E-state index in [1.807, 2.05) is 13.0 Å². The summed E-state index contributed by atoms with van der Waals surface area (Å²) >= 11 is 6.58. The highest BCUT2D eigenvalue weighted by Gasteiger charge is 2.51. The first kappa shape index (κ1) is 21.3. The number of anilines is 4. The molecule has 3 atom stereocenters. The average molecular weight is 478 g/mol. The Balaban J connectivity index is 1.25. The van der Waals surface area contributed by atoms with Crippen LogP contribution in [0.2, 0.25) is 5.15 Å². The molecule has 0 spiro atoms. The van der Waals surface area contributed by atoms with Gasteiger partial charge < -0.3 is 15.1 Å². The molecule has 0 bridgehead atoms. The zero-order chi connectivity index (χ0) is 23.4. The Labute approximate surface area is 202 Å². The van der Waals surface area contributed by atoms with Gasteiger partial charge in [-0.25, -0.2) is 19.3 Å². The predicted octanol–water partition coefficient (Wildman–Crippen LogP) is 4.55. The minimum atomic E-state index is -0.257. The molecule has 1 saturated heterocycles. The Hall–Kier alpha value is -3.26. The predicted molar refractivity (Wildman–Crippen MR) is 131 cm³/mol. The highest BCUT2D eigenvalue weighted by atomic mass is 35.5. The number of hydrogen-bond acceptors (Lipinski definition) is 7. The standard InChI is InChI=1S/C25H25ClFN7/c1-3-17-19-11-33(21-10-14(2)28-13-29-21)12-20(19)22(17)30-25-31-23(26)18-8-9-34(24(18)32-25)16-6-4-15(27)5-7-16/h3-7,10,13,19-20,22H,8-9,11-12H2,1-2H3,(H,30,31,32)/b17-3+. The van der Waals surface area contributed by atoms with Gasteiger partial charge >= 0.3 is 0 Å². The molecule has 9 heteroatoms. The summed E-state index contributed by atoms with van der Waals surface area (Å²) in [6.45, 7) is 6.67. The summed E-state index contributed by atoms with van der Waals surface area (Å²) in [5, 5.41) is 4.04. The fraction of sp³-hybridized carbons (Fsp3) is 0.360. The Bertz CT molecular complexity index is 1280. The lowest BCUT2D eigenvalue weighted by Crippen LogP contribution is -2.48. The Morgan fingerprint density at radius 2 is 1.97 bits per heavy atom. The SMILES string of the molecule is C/C=C1\C2CN(c3cc(C)ncn3)CC2C1Nc1nc(Cl)c2c(n1)N(c1ccc(F)cc1)CC2. The maximum absolute atomic E-state index is 13.4. The fourth-order valence-electron chi connectivity index (χ4n) is 5.55. The highest BCUT2D eigenvalue weighted by Crippen LogP contribution is 2.48. The van der Waals surface area contributed by atoms with Crippen molar-refractivity contribution in [2.24, 2.45) is 11.8 Å². The molecule has 6 rings (SSSR count). The van der Waals surface area contributed by atoms with E-state index in [-0.39, 0.29) is 11.9 Å². The van der Waals surface area contributed by atoms with E-state index >= 15 is 0 Å². The van der Waals surface area contributed by atoms with E-state index in [1.54, 1.807) is 18.5 Å². The van der Waals surface area contributed by atoms with E-state index in [1.165, 1.54) is 17.7 Å². The Morgan fingerprint density at radius 1 is 1.15 bits per heavy atom. The van der Waals surface area contributed by atoms with Crippen LogP contribution in [0.1, 0.15) is 18.2 Å². The molecule has 7 nitrogen and oxygen atoms in total. The molecule has 1 N–H and O–H groups in total. The highest BCUT2D eigenvalue weighted by molar-refractivity contribution is 6.30. The van der Waals surface area contributed by atoms with Gasteiger partial charge in [0.1, 0.15) is 28.9 Å². The van der Waals surface area contributed by atoms with Gasteiger partial charge in [-0.3, -0.25) is 0 Å². The summed E-state index contributed by atoms with van der Waals surface area (Å²) in [7, 11) is 0. The van der Waals surface area contributed by atoms with E-state index in [2.05, 4.69) is 43.1 Å². The molecule has 4 heterocycles. The molecule has 1 aromatic carbocycles. The summed E-state index contributed by atoms with van der Waals surface area (Å²) in [6.07, 6.45) is 4.59. The molecule has 174 valence electrons. The van der Waals surface area contributed by atoms with Gasteiger partial charge in [0, 0.05) is 54.5 Å². The van der Waals surface area contributed by atoms with Gasteiger partial charge in [-0.05, 0) is 50.1 Å². The number of aryl methyl sites for hydroxylation is 1. The van der Waals surface area contributed by atoms with Crippen molar-refractivity contribution < 1.29 is 4.39 Å². The van der Waals surface area contributed by atoms with Crippen LogP contribution in [0.25, 0.3) is 0 Å². The summed E-state index contributed by atoms with van der Waals surface area (Å²) in [4.78, 5) is 22.5. The second-order valence-electron chi connectivity index (χ2n) is 9.12. The van der Waals surface area contributed by atoms with E-state index in [9.17, 15) is 4.39 Å².